The molecule has 0 aliphatic carbocycles. The van der Waals surface area contributed by atoms with Crippen LogP contribution in [-0.4, -0.2) is 24.0 Å². The maximum atomic E-state index is 12.8. The number of fused-ring (bicyclic) bond motifs is 2. The second-order valence-electron chi connectivity index (χ2n) is 5.70. The molecule has 2 bridgehead atoms. The average molecular weight is 274 g/mol. The first-order valence-electron chi connectivity index (χ1n) is 7.19. The summed E-state index contributed by atoms with van der Waals surface area (Å²) in [5, 5.41) is 6.61. The quantitative estimate of drug-likeness (QED) is 0.830. The number of carbonyl (C=O) groups is 1. The molecule has 2 heterocycles. The van der Waals surface area contributed by atoms with Crippen LogP contribution in [0.2, 0.25) is 0 Å². The van der Waals surface area contributed by atoms with E-state index in [0.29, 0.717) is 12.1 Å². The van der Waals surface area contributed by atoms with Gasteiger partial charge < -0.3 is 10.6 Å². The van der Waals surface area contributed by atoms with Gasteiger partial charge in [0, 0.05) is 24.2 Å². The van der Waals surface area contributed by atoms with Crippen LogP contribution in [0.5, 0.6) is 0 Å². The molecule has 2 N–H and O–H groups in total. The van der Waals surface area contributed by atoms with E-state index in [1.165, 1.54) is 31.1 Å². The van der Waals surface area contributed by atoms with Gasteiger partial charge in [-0.05, 0) is 49.5 Å². The lowest BCUT2D eigenvalue weighted by Gasteiger charge is -2.29. The van der Waals surface area contributed by atoms with Crippen molar-refractivity contribution in [2.24, 2.45) is 0 Å². The molecule has 0 spiro atoms. The van der Waals surface area contributed by atoms with E-state index < -0.39 is 0 Å². The third-order valence-electron chi connectivity index (χ3n) is 4.12. The van der Waals surface area contributed by atoms with E-state index in [1.807, 2.05) is 0 Å². The second-order valence-corrected chi connectivity index (χ2v) is 5.70. The fourth-order valence-electron chi connectivity index (χ4n) is 3.17. The van der Waals surface area contributed by atoms with Gasteiger partial charge in [-0.15, -0.1) is 0 Å². The normalized spacial score (nSPS) is 28.8. The van der Waals surface area contributed by atoms with Crippen molar-refractivity contribution < 1.29 is 9.18 Å². The zero-order chi connectivity index (χ0) is 13.9. The van der Waals surface area contributed by atoms with E-state index >= 15 is 0 Å². The standard InChI is InChI=1S/C16H19FN2O/c17-12-4-1-11(2-5-12)3-8-16(20)19-15-9-13-6-7-14(10-15)18-13/h1-5,8,13-15,18H,6-7,9-10H2,(H,19,20). The molecule has 2 unspecified atom stereocenters. The summed E-state index contributed by atoms with van der Waals surface area (Å²) in [6.45, 7) is 0. The van der Waals surface area contributed by atoms with Crippen molar-refractivity contribution in [3.8, 4) is 0 Å². The number of amides is 1. The summed E-state index contributed by atoms with van der Waals surface area (Å²) in [4.78, 5) is 11.9. The fourth-order valence-corrected chi connectivity index (χ4v) is 3.17. The van der Waals surface area contributed by atoms with Crippen LogP contribution in [0.25, 0.3) is 6.08 Å². The third-order valence-corrected chi connectivity index (χ3v) is 4.12. The Morgan fingerprint density at radius 2 is 1.85 bits per heavy atom. The smallest absolute Gasteiger partial charge is 0.244 e. The predicted molar refractivity (Wildman–Crippen MR) is 76.5 cm³/mol. The zero-order valence-corrected chi connectivity index (χ0v) is 11.3. The molecule has 4 heteroatoms. The zero-order valence-electron chi connectivity index (χ0n) is 11.3. The lowest BCUT2D eigenvalue weighted by Crippen LogP contribution is -2.47. The summed E-state index contributed by atoms with van der Waals surface area (Å²) in [7, 11) is 0. The predicted octanol–water partition coefficient (Wildman–Crippen LogP) is 2.24. The van der Waals surface area contributed by atoms with Gasteiger partial charge in [0.25, 0.3) is 0 Å². The number of piperidine rings is 1. The summed E-state index contributed by atoms with van der Waals surface area (Å²) in [6.07, 6.45) is 7.73. The second kappa shape index (κ2) is 5.75. The van der Waals surface area contributed by atoms with Gasteiger partial charge in [0.1, 0.15) is 5.82 Å². The molecule has 2 aliphatic heterocycles. The Morgan fingerprint density at radius 3 is 2.50 bits per heavy atom. The number of hydrogen-bond acceptors (Lipinski definition) is 2. The molecule has 2 atom stereocenters. The van der Waals surface area contributed by atoms with Crippen LogP contribution in [0.3, 0.4) is 0 Å². The molecule has 3 rings (SSSR count). The topological polar surface area (TPSA) is 41.1 Å². The first kappa shape index (κ1) is 13.3. The van der Waals surface area contributed by atoms with Crippen molar-refractivity contribution in [3.63, 3.8) is 0 Å². The molecule has 2 fully saturated rings. The number of rotatable bonds is 3. The molecule has 0 aromatic heterocycles. The maximum absolute atomic E-state index is 12.8. The van der Waals surface area contributed by atoms with Crippen LogP contribution >= 0.6 is 0 Å². The van der Waals surface area contributed by atoms with Crippen LogP contribution in [0, 0.1) is 5.82 Å². The third kappa shape index (κ3) is 3.25. The monoisotopic (exact) mass is 274 g/mol. The lowest BCUT2D eigenvalue weighted by molar-refractivity contribution is -0.117. The van der Waals surface area contributed by atoms with Crippen LogP contribution in [0.4, 0.5) is 4.39 Å². The molecule has 20 heavy (non-hydrogen) atoms. The molecular formula is C16H19FN2O. The molecule has 0 radical (unpaired) electrons. The molecule has 106 valence electrons. The largest absolute Gasteiger partial charge is 0.350 e. The van der Waals surface area contributed by atoms with Gasteiger partial charge in [0.15, 0.2) is 0 Å². The van der Waals surface area contributed by atoms with Gasteiger partial charge in [-0.3, -0.25) is 4.79 Å². The number of carbonyl (C=O) groups excluding carboxylic acids is 1. The van der Waals surface area contributed by atoms with E-state index in [0.717, 1.165) is 18.4 Å². The van der Waals surface area contributed by atoms with Crippen LogP contribution in [0.15, 0.2) is 30.3 Å². The Morgan fingerprint density at radius 1 is 1.20 bits per heavy atom. The molecule has 3 nitrogen and oxygen atoms in total. The minimum absolute atomic E-state index is 0.0689. The Bertz CT molecular complexity index is 500. The molecular weight excluding hydrogens is 255 g/mol. The minimum atomic E-state index is -0.267. The Labute approximate surface area is 118 Å². The first-order valence-corrected chi connectivity index (χ1v) is 7.19. The Kier molecular flexibility index (Phi) is 3.83. The summed E-state index contributed by atoms with van der Waals surface area (Å²) in [6, 6.07) is 7.51. The highest BCUT2D eigenvalue weighted by Gasteiger charge is 2.33. The molecule has 1 aromatic rings. The van der Waals surface area contributed by atoms with E-state index in [-0.39, 0.29) is 17.8 Å². The molecule has 0 saturated carbocycles. The maximum Gasteiger partial charge on any atom is 0.244 e. The van der Waals surface area contributed by atoms with Crippen molar-refractivity contribution in [2.45, 2.75) is 43.8 Å². The van der Waals surface area contributed by atoms with Gasteiger partial charge in [-0.1, -0.05) is 12.1 Å². The van der Waals surface area contributed by atoms with Gasteiger partial charge in [-0.25, -0.2) is 4.39 Å². The molecule has 2 saturated heterocycles. The highest BCUT2D eigenvalue weighted by atomic mass is 19.1. The van der Waals surface area contributed by atoms with Gasteiger partial charge in [0.2, 0.25) is 5.91 Å². The van der Waals surface area contributed by atoms with Crippen LogP contribution < -0.4 is 10.6 Å². The average Bonchev–Trinajstić information content (AvgIpc) is 2.77. The Balaban J connectivity index is 1.53. The van der Waals surface area contributed by atoms with Crippen LogP contribution in [-0.2, 0) is 4.79 Å². The van der Waals surface area contributed by atoms with E-state index in [9.17, 15) is 9.18 Å². The van der Waals surface area contributed by atoms with Crippen molar-refractivity contribution in [1.82, 2.24) is 10.6 Å². The fraction of sp³-hybridized carbons (Fsp3) is 0.438. The van der Waals surface area contributed by atoms with E-state index in [2.05, 4.69) is 10.6 Å². The summed E-state index contributed by atoms with van der Waals surface area (Å²) in [5.41, 5.74) is 0.826. The lowest BCUT2D eigenvalue weighted by atomic mass is 10.00. The number of hydrogen-bond donors (Lipinski definition) is 2. The first-order chi connectivity index (χ1) is 9.69. The summed E-state index contributed by atoms with van der Waals surface area (Å²) in [5.74, 6) is -0.336. The SMILES string of the molecule is O=C(C=Cc1ccc(F)cc1)NC1CC2CCC(C1)N2. The number of nitrogens with one attached hydrogen (secondary N) is 2. The summed E-state index contributed by atoms with van der Waals surface area (Å²) < 4.78 is 12.8. The highest BCUT2D eigenvalue weighted by Crippen LogP contribution is 2.26. The van der Waals surface area contributed by atoms with Gasteiger partial charge >= 0.3 is 0 Å². The number of halogens is 1. The van der Waals surface area contributed by atoms with Crippen molar-refractivity contribution in [2.75, 3.05) is 0 Å². The van der Waals surface area contributed by atoms with Crippen molar-refractivity contribution >= 4 is 12.0 Å². The highest BCUT2D eigenvalue weighted by molar-refractivity contribution is 5.91. The van der Waals surface area contributed by atoms with Gasteiger partial charge in [0.05, 0.1) is 0 Å². The number of benzene rings is 1. The Hall–Kier alpha value is -1.68. The van der Waals surface area contributed by atoms with Gasteiger partial charge in [-0.2, -0.15) is 0 Å². The van der Waals surface area contributed by atoms with Crippen molar-refractivity contribution in [3.05, 3.63) is 41.7 Å². The minimum Gasteiger partial charge on any atom is -0.350 e. The van der Waals surface area contributed by atoms with E-state index in [4.69, 9.17) is 0 Å². The van der Waals surface area contributed by atoms with Crippen molar-refractivity contribution in [1.29, 1.82) is 0 Å². The summed E-state index contributed by atoms with van der Waals surface area (Å²) >= 11 is 0. The molecule has 1 amide bonds. The van der Waals surface area contributed by atoms with E-state index in [1.54, 1.807) is 18.2 Å². The molecule has 1 aromatic carbocycles. The van der Waals surface area contributed by atoms with Crippen LogP contribution in [0.1, 0.15) is 31.2 Å². The molecule has 2 aliphatic rings.